The van der Waals surface area contributed by atoms with E-state index in [0.29, 0.717) is 13.0 Å². The van der Waals surface area contributed by atoms with Gasteiger partial charge in [0.1, 0.15) is 5.54 Å². The summed E-state index contributed by atoms with van der Waals surface area (Å²) in [6.07, 6.45) is 4.54. The van der Waals surface area contributed by atoms with Crippen molar-refractivity contribution < 1.29 is 9.90 Å². The van der Waals surface area contributed by atoms with Crippen LogP contribution in [0.4, 0.5) is 0 Å². The van der Waals surface area contributed by atoms with E-state index in [2.05, 4.69) is 21.9 Å². The smallest absolute Gasteiger partial charge is 0.325 e. The van der Waals surface area contributed by atoms with Crippen LogP contribution in [0.5, 0.6) is 0 Å². The van der Waals surface area contributed by atoms with Crippen molar-refractivity contribution in [1.82, 2.24) is 9.80 Å². The number of hydrogen-bond donors (Lipinski definition) is 2. The lowest BCUT2D eigenvalue weighted by molar-refractivity contribution is -0.142. The topological polar surface area (TPSA) is 69.8 Å². The number of carboxylic acids is 1. The van der Waals surface area contributed by atoms with Crippen LogP contribution in [-0.4, -0.2) is 52.6 Å². The van der Waals surface area contributed by atoms with E-state index in [9.17, 15) is 9.90 Å². The highest BCUT2D eigenvalue weighted by molar-refractivity contribution is 7.11. The van der Waals surface area contributed by atoms with Gasteiger partial charge < -0.3 is 10.8 Å². The third-order valence-electron chi connectivity index (χ3n) is 4.73. The van der Waals surface area contributed by atoms with Gasteiger partial charge in [-0.3, -0.25) is 14.6 Å². The largest absolute Gasteiger partial charge is 0.480 e. The summed E-state index contributed by atoms with van der Waals surface area (Å²) in [6, 6.07) is 4.40. The average Bonchev–Trinajstić information content (AvgIpc) is 3.08. The van der Waals surface area contributed by atoms with Gasteiger partial charge in [-0.1, -0.05) is 6.42 Å². The highest BCUT2D eigenvalue weighted by Crippen LogP contribution is 2.25. The van der Waals surface area contributed by atoms with Crippen LogP contribution in [0.3, 0.4) is 0 Å². The predicted molar refractivity (Wildman–Crippen MR) is 87.9 cm³/mol. The fraction of sp³-hybridized carbons (Fsp3) is 0.688. The number of carboxylic acid groups (broad SMARTS) is 1. The van der Waals surface area contributed by atoms with Crippen molar-refractivity contribution in [3.8, 4) is 0 Å². The molecule has 22 heavy (non-hydrogen) atoms. The minimum absolute atomic E-state index is 0.446. The minimum Gasteiger partial charge on any atom is -0.480 e. The number of nitrogens with two attached hydrogens (primary N) is 1. The first-order valence-electron chi connectivity index (χ1n) is 8.10. The Morgan fingerprint density at radius 3 is 2.36 bits per heavy atom. The lowest BCUT2D eigenvalue weighted by Crippen LogP contribution is -2.49. The molecule has 1 aromatic rings. The van der Waals surface area contributed by atoms with E-state index in [1.165, 1.54) is 42.1 Å². The zero-order chi connectivity index (χ0) is 15.6. The van der Waals surface area contributed by atoms with Crippen molar-refractivity contribution in [2.24, 2.45) is 5.73 Å². The summed E-state index contributed by atoms with van der Waals surface area (Å²) in [5, 5.41) is 9.19. The Labute approximate surface area is 135 Å². The van der Waals surface area contributed by atoms with Crippen LogP contribution in [-0.2, 0) is 17.9 Å². The summed E-state index contributed by atoms with van der Waals surface area (Å²) in [7, 11) is 0. The molecule has 0 aromatic carbocycles. The summed E-state index contributed by atoms with van der Waals surface area (Å²) < 4.78 is 0. The maximum absolute atomic E-state index is 11.2. The molecular formula is C16H25N3O2S. The molecule has 1 aromatic heterocycles. The van der Waals surface area contributed by atoms with E-state index in [1.807, 2.05) is 11.3 Å². The van der Waals surface area contributed by atoms with E-state index < -0.39 is 11.5 Å². The molecule has 6 heteroatoms. The molecule has 3 N–H and O–H groups in total. The van der Waals surface area contributed by atoms with Crippen molar-refractivity contribution in [3.63, 3.8) is 0 Å². The Balaban J connectivity index is 1.53. The van der Waals surface area contributed by atoms with Crippen LogP contribution in [0, 0.1) is 0 Å². The van der Waals surface area contributed by atoms with Crippen molar-refractivity contribution >= 4 is 17.3 Å². The SMILES string of the molecule is N[C@@]1(C(=O)O)CCN(Cc2ccc(CN3CCCCC3)s2)C1. The molecule has 3 rings (SSSR count). The van der Waals surface area contributed by atoms with Crippen molar-refractivity contribution in [2.45, 2.75) is 44.3 Å². The summed E-state index contributed by atoms with van der Waals surface area (Å²) in [6.45, 7) is 5.52. The molecular weight excluding hydrogens is 298 g/mol. The lowest BCUT2D eigenvalue weighted by atomic mass is 10.0. The molecule has 5 nitrogen and oxygen atoms in total. The molecule has 0 aliphatic carbocycles. The Bertz CT molecular complexity index is 527. The Morgan fingerprint density at radius 2 is 1.77 bits per heavy atom. The Morgan fingerprint density at radius 1 is 1.14 bits per heavy atom. The number of piperidine rings is 1. The normalized spacial score (nSPS) is 27.3. The summed E-state index contributed by atoms with van der Waals surface area (Å²) in [5.41, 5.74) is 4.87. The zero-order valence-electron chi connectivity index (χ0n) is 13.0. The second kappa shape index (κ2) is 6.66. The number of aliphatic carboxylic acids is 1. The van der Waals surface area contributed by atoms with Gasteiger partial charge in [0.05, 0.1) is 0 Å². The average molecular weight is 323 g/mol. The Kier molecular flexibility index (Phi) is 4.82. The van der Waals surface area contributed by atoms with Gasteiger partial charge >= 0.3 is 5.97 Å². The van der Waals surface area contributed by atoms with Crippen LogP contribution in [0.2, 0.25) is 0 Å². The van der Waals surface area contributed by atoms with E-state index >= 15 is 0 Å². The van der Waals surface area contributed by atoms with Gasteiger partial charge in [0, 0.05) is 35.9 Å². The van der Waals surface area contributed by atoms with Crippen LogP contribution in [0.25, 0.3) is 0 Å². The second-order valence-corrected chi connectivity index (χ2v) is 7.88. The monoisotopic (exact) mass is 323 g/mol. The summed E-state index contributed by atoms with van der Waals surface area (Å²) >= 11 is 1.85. The third-order valence-corrected chi connectivity index (χ3v) is 5.79. The molecule has 2 fully saturated rings. The number of nitrogens with zero attached hydrogens (tertiary/aromatic N) is 2. The lowest BCUT2D eigenvalue weighted by Gasteiger charge is -2.25. The molecule has 0 unspecified atom stereocenters. The number of carbonyl (C=O) groups is 1. The minimum atomic E-state index is -1.06. The molecule has 0 spiro atoms. The maximum atomic E-state index is 11.2. The van der Waals surface area contributed by atoms with E-state index in [1.54, 1.807) is 0 Å². The molecule has 2 saturated heterocycles. The van der Waals surface area contributed by atoms with Gasteiger partial charge in [-0.25, -0.2) is 0 Å². The van der Waals surface area contributed by atoms with Crippen molar-refractivity contribution in [1.29, 1.82) is 0 Å². The quantitative estimate of drug-likeness (QED) is 0.863. The number of hydrogen-bond acceptors (Lipinski definition) is 5. The van der Waals surface area contributed by atoms with Crippen LogP contribution < -0.4 is 5.73 Å². The molecule has 2 aliphatic rings. The van der Waals surface area contributed by atoms with Crippen LogP contribution in [0.1, 0.15) is 35.4 Å². The first kappa shape index (κ1) is 15.9. The molecule has 122 valence electrons. The number of thiophene rings is 1. The van der Waals surface area contributed by atoms with Crippen molar-refractivity contribution in [2.75, 3.05) is 26.2 Å². The standard InChI is InChI=1S/C16H25N3O2S/c17-16(15(20)21)6-9-19(12-16)11-14-5-4-13(22-14)10-18-7-2-1-3-8-18/h4-5H,1-3,6-12,17H2,(H,20,21)/t16-/m0/s1. The van der Waals surface area contributed by atoms with Gasteiger partial charge in [-0.2, -0.15) is 0 Å². The van der Waals surface area contributed by atoms with Crippen molar-refractivity contribution in [3.05, 3.63) is 21.9 Å². The number of likely N-dealkylation sites (tertiary alicyclic amines) is 2. The summed E-state index contributed by atoms with van der Waals surface area (Å²) in [4.78, 5) is 18.6. The first-order valence-corrected chi connectivity index (χ1v) is 8.91. The second-order valence-electron chi connectivity index (χ2n) is 6.63. The van der Waals surface area contributed by atoms with E-state index in [0.717, 1.165) is 19.6 Å². The molecule has 0 bridgehead atoms. The van der Waals surface area contributed by atoms with E-state index in [4.69, 9.17) is 5.73 Å². The third kappa shape index (κ3) is 3.68. The van der Waals surface area contributed by atoms with Gasteiger partial charge in [0.15, 0.2) is 0 Å². The molecule has 0 amide bonds. The molecule has 0 saturated carbocycles. The molecule has 1 atom stereocenters. The number of rotatable bonds is 5. The predicted octanol–water partition coefficient (Wildman–Crippen LogP) is 1.72. The maximum Gasteiger partial charge on any atom is 0.325 e. The summed E-state index contributed by atoms with van der Waals surface area (Å²) in [5.74, 6) is -0.882. The molecule has 2 aliphatic heterocycles. The van der Waals surface area contributed by atoms with Crippen LogP contribution >= 0.6 is 11.3 Å². The van der Waals surface area contributed by atoms with Gasteiger partial charge in [-0.15, -0.1) is 11.3 Å². The Hall–Kier alpha value is -0.950. The highest BCUT2D eigenvalue weighted by Gasteiger charge is 2.41. The zero-order valence-corrected chi connectivity index (χ0v) is 13.8. The van der Waals surface area contributed by atoms with Gasteiger partial charge in [0.2, 0.25) is 0 Å². The fourth-order valence-electron chi connectivity index (χ4n) is 3.37. The van der Waals surface area contributed by atoms with E-state index in [-0.39, 0.29) is 0 Å². The fourth-order valence-corrected chi connectivity index (χ4v) is 4.48. The highest BCUT2D eigenvalue weighted by atomic mass is 32.1. The first-order chi connectivity index (χ1) is 10.5. The molecule has 3 heterocycles. The van der Waals surface area contributed by atoms with Crippen LogP contribution in [0.15, 0.2) is 12.1 Å². The van der Waals surface area contributed by atoms with Gasteiger partial charge in [-0.05, 0) is 44.5 Å². The molecule has 0 radical (unpaired) electrons. The van der Waals surface area contributed by atoms with Gasteiger partial charge in [0.25, 0.3) is 0 Å².